The molecule has 1 atom stereocenters. The zero-order valence-electron chi connectivity index (χ0n) is 11.2. The first-order valence-electron chi connectivity index (χ1n) is 6.23. The van der Waals surface area contributed by atoms with E-state index in [0.29, 0.717) is 25.2 Å². The molecule has 0 radical (unpaired) electrons. The highest BCUT2D eigenvalue weighted by Crippen LogP contribution is 2.15. The molecule has 0 aliphatic heterocycles. The molecule has 4 nitrogen and oxygen atoms in total. The van der Waals surface area contributed by atoms with Gasteiger partial charge in [0.05, 0.1) is 12.4 Å². The maximum atomic E-state index is 12.0. The minimum Gasteiger partial charge on any atom is -0.465 e. The number of hydrogen-bond donors (Lipinski definition) is 0. The molecule has 0 spiro atoms. The second kappa shape index (κ2) is 7.69. The molecule has 102 valence electrons. The molecular formula is C12H24O4S. The molecule has 1 unspecified atom stereocenters. The Morgan fingerprint density at radius 3 is 2.18 bits per heavy atom. The van der Waals surface area contributed by atoms with Gasteiger partial charge in [0.25, 0.3) is 0 Å². The molecular weight excluding hydrogens is 240 g/mol. The van der Waals surface area contributed by atoms with Crippen LogP contribution in [0.2, 0.25) is 0 Å². The molecule has 0 bridgehead atoms. The molecule has 0 amide bonds. The summed E-state index contributed by atoms with van der Waals surface area (Å²) in [6.07, 6.45) is 1.59. The summed E-state index contributed by atoms with van der Waals surface area (Å²) in [5, 5.41) is -0.980. The van der Waals surface area contributed by atoms with Gasteiger partial charge in [-0.05, 0) is 25.7 Å². The lowest BCUT2D eigenvalue weighted by Crippen LogP contribution is -2.34. The van der Waals surface area contributed by atoms with Crippen LogP contribution < -0.4 is 0 Å². The highest BCUT2D eigenvalue weighted by atomic mass is 32.2. The van der Waals surface area contributed by atoms with Gasteiger partial charge in [-0.3, -0.25) is 4.79 Å². The molecule has 5 heteroatoms. The van der Waals surface area contributed by atoms with Crippen molar-refractivity contribution < 1.29 is 17.9 Å². The highest BCUT2D eigenvalue weighted by Gasteiger charge is 2.32. The average Bonchev–Trinajstić information content (AvgIpc) is 2.23. The van der Waals surface area contributed by atoms with Crippen LogP contribution in [0.5, 0.6) is 0 Å². The summed E-state index contributed by atoms with van der Waals surface area (Å²) >= 11 is 0. The Balaban J connectivity index is 4.72. The quantitative estimate of drug-likeness (QED) is 0.630. The lowest BCUT2D eigenvalue weighted by Gasteiger charge is -2.16. The third-order valence-corrected chi connectivity index (χ3v) is 4.61. The molecule has 0 fully saturated rings. The van der Waals surface area contributed by atoms with E-state index >= 15 is 0 Å². The van der Waals surface area contributed by atoms with Gasteiger partial charge in [-0.25, -0.2) is 8.42 Å². The number of esters is 1. The van der Waals surface area contributed by atoms with Gasteiger partial charge in [-0.1, -0.05) is 27.2 Å². The molecule has 0 saturated heterocycles. The SMILES string of the molecule is CCCC(C(=O)OCC)S(=O)(=O)CCC(C)C. The molecule has 0 aliphatic carbocycles. The van der Waals surface area contributed by atoms with Crippen molar-refractivity contribution in [2.24, 2.45) is 5.92 Å². The lowest BCUT2D eigenvalue weighted by molar-refractivity contribution is -0.142. The fraction of sp³-hybridized carbons (Fsp3) is 0.917. The van der Waals surface area contributed by atoms with E-state index in [1.165, 1.54) is 0 Å². The molecule has 0 rings (SSSR count). The fourth-order valence-corrected chi connectivity index (χ4v) is 3.52. The van der Waals surface area contributed by atoms with Crippen LogP contribution in [-0.4, -0.2) is 32.0 Å². The zero-order chi connectivity index (χ0) is 13.5. The second-order valence-electron chi connectivity index (χ2n) is 4.58. The summed E-state index contributed by atoms with van der Waals surface area (Å²) in [6.45, 7) is 7.70. The van der Waals surface area contributed by atoms with E-state index in [9.17, 15) is 13.2 Å². The molecule has 0 aromatic heterocycles. The van der Waals surface area contributed by atoms with Crippen molar-refractivity contribution >= 4 is 15.8 Å². The number of sulfone groups is 1. The topological polar surface area (TPSA) is 60.4 Å². The Morgan fingerprint density at radius 1 is 1.18 bits per heavy atom. The first-order chi connectivity index (χ1) is 7.85. The van der Waals surface area contributed by atoms with E-state index < -0.39 is 21.1 Å². The van der Waals surface area contributed by atoms with Gasteiger partial charge in [0.2, 0.25) is 0 Å². The summed E-state index contributed by atoms with van der Waals surface area (Å²) in [4.78, 5) is 11.6. The van der Waals surface area contributed by atoms with E-state index in [1.54, 1.807) is 6.92 Å². The summed E-state index contributed by atoms with van der Waals surface area (Å²) in [6, 6.07) is 0. The summed E-state index contributed by atoms with van der Waals surface area (Å²) in [5.74, 6) is -0.221. The molecule has 0 aromatic rings. The molecule has 0 N–H and O–H groups in total. The largest absolute Gasteiger partial charge is 0.465 e. The number of hydrogen-bond acceptors (Lipinski definition) is 4. The van der Waals surface area contributed by atoms with E-state index in [4.69, 9.17) is 4.74 Å². The van der Waals surface area contributed by atoms with Gasteiger partial charge >= 0.3 is 5.97 Å². The van der Waals surface area contributed by atoms with E-state index in [-0.39, 0.29) is 12.4 Å². The van der Waals surface area contributed by atoms with E-state index in [1.807, 2.05) is 20.8 Å². The van der Waals surface area contributed by atoms with Crippen LogP contribution in [0.25, 0.3) is 0 Å². The Kier molecular flexibility index (Phi) is 7.43. The number of carbonyl (C=O) groups is 1. The van der Waals surface area contributed by atoms with Crippen molar-refractivity contribution in [2.75, 3.05) is 12.4 Å². The van der Waals surface area contributed by atoms with Crippen molar-refractivity contribution in [2.45, 2.75) is 52.2 Å². The predicted molar refractivity (Wildman–Crippen MR) is 68.6 cm³/mol. The van der Waals surface area contributed by atoms with Crippen molar-refractivity contribution in [1.29, 1.82) is 0 Å². The smallest absolute Gasteiger partial charge is 0.324 e. The highest BCUT2D eigenvalue weighted by molar-refractivity contribution is 7.92. The first kappa shape index (κ1) is 16.4. The zero-order valence-corrected chi connectivity index (χ0v) is 12.0. The minimum atomic E-state index is -3.38. The van der Waals surface area contributed by atoms with E-state index in [0.717, 1.165) is 0 Å². The van der Waals surface area contributed by atoms with Gasteiger partial charge < -0.3 is 4.74 Å². The normalized spacial score (nSPS) is 13.7. The third kappa shape index (κ3) is 6.05. The number of carbonyl (C=O) groups excluding carboxylic acids is 1. The fourth-order valence-electron chi connectivity index (χ4n) is 1.48. The van der Waals surface area contributed by atoms with Crippen LogP contribution in [0.15, 0.2) is 0 Å². The van der Waals surface area contributed by atoms with Crippen molar-refractivity contribution in [3.63, 3.8) is 0 Å². The van der Waals surface area contributed by atoms with Crippen LogP contribution >= 0.6 is 0 Å². The predicted octanol–water partition coefficient (Wildman–Crippen LogP) is 2.18. The number of ether oxygens (including phenoxy) is 1. The Hall–Kier alpha value is -0.580. The Morgan fingerprint density at radius 2 is 1.76 bits per heavy atom. The standard InChI is InChI=1S/C12H24O4S/c1-5-7-11(12(13)16-6-2)17(14,15)9-8-10(3)4/h10-11H,5-9H2,1-4H3. The molecule has 0 aromatic carbocycles. The first-order valence-corrected chi connectivity index (χ1v) is 7.94. The van der Waals surface area contributed by atoms with Crippen molar-refractivity contribution in [3.05, 3.63) is 0 Å². The monoisotopic (exact) mass is 264 g/mol. The van der Waals surface area contributed by atoms with Crippen LogP contribution in [0.3, 0.4) is 0 Å². The van der Waals surface area contributed by atoms with Crippen molar-refractivity contribution in [1.82, 2.24) is 0 Å². The Bertz CT molecular complexity index is 319. The molecule has 17 heavy (non-hydrogen) atoms. The minimum absolute atomic E-state index is 0.0636. The molecule has 0 heterocycles. The van der Waals surface area contributed by atoms with Gasteiger partial charge in [0.15, 0.2) is 15.1 Å². The van der Waals surface area contributed by atoms with Crippen LogP contribution in [0.4, 0.5) is 0 Å². The maximum absolute atomic E-state index is 12.0. The summed E-state index contributed by atoms with van der Waals surface area (Å²) < 4.78 is 28.9. The van der Waals surface area contributed by atoms with Gasteiger partial charge in [-0.2, -0.15) is 0 Å². The average molecular weight is 264 g/mol. The van der Waals surface area contributed by atoms with Crippen LogP contribution in [0, 0.1) is 5.92 Å². The third-order valence-electron chi connectivity index (χ3n) is 2.51. The van der Waals surface area contributed by atoms with Crippen LogP contribution in [-0.2, 0) is 19.4 Å². The van der Waals surface area contributed by atoms with Gasteiger partial charge in [0, 0.05) is 0 Å². The van der Waals surface area contributed by atoms with Gasteiger partial charge in [-0.15, -0.1) is 0 Å². The summed E-state index contributed by atoms with van der Waals surface area (Å²) in [5.41, 5.74) is 0. The summed E-state index contributed by atoms with van der Waals surface area (Å²) in [7, 11) is -3.38. The van der Waals surface area contributed by atoms with Crippen molar-refractivity contribution in [3.8, 4) is 0 Å². The molecule has 0 saturated carbocycles. The lowest BCUT2D eigenvalue weighted by atomic mass is 10.2. The van der Waals surface area contributed by atoms with Gasteiger partial charge in [0.1, 0.15) is 0 Å². The molecule has 0 aliphatic rings. The second-order valence-corrected chi connectivity index (χ2v) is 6.88. The maximum Gasteiger partial charge on any atom is 0.324 e. The van der Waals surface area contributed by atoms with Crippen LogP contribution in [0.1, 0.15) is 47.0 Å². The Labute approximate surface area is 105 Å². The van der Waals surface area contributed by atoms with E-state index in [2.05, 4.69) is 0 Å². The number of rotatable bonds is 8.